The number of carbonyl (C=O) groups is 1. The van der Waals surface area contributed by atoms with Crippen LogP contribution in [0.3, 0.4) is 0 Å². The van der Waals surface area contributed by atoms with E-state index in [2.05, 4.69) is 12.1 Å². The molecule has 1 aromatic carbocycles. The van der Waals surface area contributed by atoms with Crippen molar-refractivity contribution in [2.75, 3.05) is 6.26 Å². The minimum Gasteiger partial charge on any atom is -0.294 e. The number of thioether (sulfide) groups is 1. The molecule has 0 radical (unpaired) electrons. The lowest BCUT2D eigenvalue weighted by Gasteiger charge is -2.07. The van der Waals surface area contributed by atoms with E-state index in [0.29, 0.717) is 0 Å². The van der Waals surface area contributed by atoms with Gasteiger partial charge in [0, 0.05) is 10.5 Å². The highest BCUT2D eigenvalue weighted by atomic mass is 32.2. The molecule has 1 nitrogen and oxygen atoms in total. The molecule has 0 N–H and O–H groups in total. The highest BCUT2D eigenvalue weighted by Gasteiger charge is 2.15. The molecular weight excluding hydrogens is 192 g/mol. The highest BCUT2D eigenvalue weighted by Crippen LogP contribution is 2.30. The maximum atomic E-state index is 11.4. The molecule has 0 heterocycles. The van der Waals surface area contributed by atoms with Gasteiger partial charge >= 0.3 is 0 Å². The van der Waals surface area contributed by atoms with Crippen LogP contribution in [0.2, 0.25) is 0 Å². The van der Waals surface area contributed by atoms with E-state index in [9.17, 15) is 4.79 Å². The molecular formula is C12H14OS. The lowest BCUT2D eigenvalue weighted by Crippen LogP contribution is -1.97. The summed E-state index contributed by atoms with van der Waals surface area (Å²) in [6.07, 6.45) is 5.60. The second kappa shape index (κ2) is 3.77. The quantitative estimate of drug-likeness (QED) is 0.546. The monoisotopic (exact) mass is 206 g/mol. The van der Waals surface area contributed by atoms with Crippen molar-refractivity contribution in [3.8, 4) is 0 Å². The van der Waals surface area contributed by atoms with E-state index < -0.39 is 0 Å². The lowest BCUT2D eigenvalue weighted by atomic mass is 10.0. The summed E-state index contributed by atoms with van der Waals surface area (Å²) in [4.78, 5) is 12.5. The molecule has 0 fully saturated rings. The Bertz CT molecular complexity index is 382. The summed E-state index contributed by atoms with van der Waals surface area (Å²) in [7, 11) is 0. The van der Waals surface area contributed by atoms with Gasteiger partial charge in [0.25, 0.3) is 0 Å². The van der Waals surface area contributed by atoms with Gasteiger partial charge in [0.1, 0.15) is 0 Å². The Morgan fingerprint density at radius 2 is 1.93 bits per heavy atom. The van der Waals surface area contributed by atoms with Crippen molar-refractivity contribution in [2.24, 2.45) is 0 Å². The van der Waals surface area contributed by atoms with E-state index in [1.165, 1.54) is 24.0 Å². The molecule has 0 bridgehead atoms. The summed E-state index contributed by atoms with van der Waals surface area (Å²) in [5.74, 6) is 0.184. The smallest absolute Gasteiger partial charge is 0.160 e. The molecule has 0 saturated carbocycles. The van der Waals surface area contributed by atoms with E-state index in [4.69, 9.17) is 0 Å². The molecule has 0 spiro atoms. The molecule has 0 unspecified atom stereocenters. The Balaban J connectivity index is 2.54. The predicted octanol–water partition coefficient (Wildman–Crippen LogP) is 3.10. The van der Waals surface area contributed by atoms with Crippen LogP contribution in [0.15, 0.2) is 17.0 Å². The highest BCUT2D eigenvalue weighted by molar-refractivity contribution is 7.98. The second-order valence-electron chi connectivity index (χ2n) is 3.73. The van der Waals surface area contributed by atoms with E-state index in [1.54, 1.807) is 18.7 Å². The number of benzene rings is 1. The topological polar surface area (TPSA) is 17.1 Å². The van der Waals surface area contributed by atoms with Crippen LogP contribution in [0.25, 0.3) is 0 Å². The lowest BCUT2D eigenvalue weighted by molar-refractivity contribution is 0.101. The maximum Gasteiger partial charge on any atom is 0.160 e. The molecule has 0 aliphatic heterocycles. The van der Waals surface area contributed by atoms with Crippen LogP contribution in [0, 0.1) is 0 Å². The molecule has 2 heteroatoms. The normalized spacial score (nSPS) is 14.1. The van der Waals surface area contributed by atoms with Gasteiger partial charge in [0.15, 0.2) is 5.78 Å². The number of Topliss-reactive ketones (excluding diaryl/α,β-unsaturated/α-hetero) is 1. The number of aryl methyl sites for hydroxylation is 2. The van der Waals surface area contributed by atoms with E-state index in [0.717, 1.165) is 16.9 Å². The van der Waals surface area contributed by atoms with Crippen molar-refractivity contribution in [3.63, 3.8) is 0 Å². The molecule has 74 valence electrons. The van der Waals surface area contributed by atoms with Crippen molar-refractivity contribution < 1.29 is 4.79 Å². The minimum atomic E-state index is 0.184. The molecule has 0 saturated heterocycles. The number of rotatable bonds is 2. The number of fused-ring (bicyclic) bond motifs is 1. The molecule has 14 heavy (non-hydrogen) atoms. The Hall–Kier alpha value is -0.760. The van der Waals surface area contributed by atoms with Crippen LogP contribution in [0.1, 0.15) is 34.8 Å². The molecule has 0 atom stereocenters. The van der Waals surface area contributed by atoms with Crippen molar-refractivity contribution in [2.45, 2.75) is 31.1 Å². The number of hydrogen-bond donors (Lipinski definition) is 0. The maximum absolute atomic E-state index is 11.4. The van der Waals surface area contributed by atoms with Crippen LogP contribution < -0.4 is 0 Å². The third kappa shape index (κ3) is 1.59. The van der Waals surface area contributed by atoms with Crippen molar-refractivity contribution in [1.29, 1.82) is 0 Å². The second-order valence-corrected chi connectivity index (χ2v) is 4.58. The minimum absolute atomic E-state index is 0.184. The van der Waals surface area contributed by atoms with Gasteiger partial charge in [-0.05, 0) is 55.7 Å². The van der Waals surface area contributed by atoms with E-state index in [-0.39, 0.29) is 5.78 Å². The third-order valence-electron chi connectivity index (χ3n) is 2.79. The van der Waals surface area contributed by atoms with Gasteiger partial charge in [-0.15, -0.1) is 11.8 Å². The summed E-state index contributed by atoms with van der Waals surface area (Å²) in [5.41, 5.74) is 3.73. The molecule has 0 aromatic heterocycles. The fourth-order valence-corrected chi connectivity index (χ4v) is 2.73. The number of hydrogen-bond acceptors (Lipinski definition) is 2. The first-order chi connectivity index (χ1) is 6.72. The zero-order valence-corrected chi connectivity index (χ0v) is 9.41. The zero-order valence-electron chi connectivity index (χ0n) is 8.59. The van der Waals surface area contributed by atoms with Gasteiger partial charge in [0.2, 0.25) is 0 Å². The Kier molecular flexibility index (Phi) is 2.64. The largest absolute Gasteiger partial charge is 0.294 e. The van der Waals surface area contributed by atoms with Crippen molar-refractivity contribution >= 4 is 17.5 Å². The Labute approximate surface area is 88.9 Å². The van der Waals surface area contributed by atoms with Crippen molar-refractivity contribution in [1.82, 2.24) is 0 Å². The fourth-order valence-electron chi connectivity index (χ4n) is 2.05. The predicted molar refractivity (Wildman–Crippen MR) is 60.3 cm³/mol. The van der Waals surface area contributed by atoms with Gasteiger partial charge in [0.05, 0.1) is 0 Å². The van der Waals surface area contributed by atoms with Crippen LogP contribution in [0.4, 0.5) is 0 Å². The van der Waals surface area contributed by atoms with E-state index in [1.807, 2.05) is 6.26 Å². The average molecular weight is 206 g/mol. The van der Waals surface area contributed by atoms with Crippen LogP contribution in [-0.4, -0.2) is 12.0 Å². The summed E-state index contributed by atoms with van der Waals surface area (Å²) in [6, 6.07) is 4.29. The summed E-state index contributed by atoms with van der Waals surface area (Å²) < 4.78 is 0. The summed E-state index contributed by atoms with van der Waals surface area (Å²) in [6.45, 7) is 1.65. The van der Waals surface area contributed by atoms with Gasteiger partial charge in [-0.25, -0.2) is 0 Å². The molecule has 0 amide bonds. The zero-order chi connectivity index (χ0) is 10.1. The first-order valence-corrected chi connectivity index (χ1v) is 6.15. The first kappa shape index (κ1) is 9.78. The molecule has 1 aliphatic rings. The van der Waals surface area contributed by atoms with Gasteiger partial charge in [-0.2, -0.15) is 0 Å². The fraction of sp³-hybridized carbons (Fsp3) is 0.417. The van der Waals surface area contributed by atoms with E-state index >= 15 is 0 Å². The van der Waals surface area contributed by atoms with Crippen LogP contribution in [-0.2, 0) is 12.8 Å². The SMILES string of the molecule is CSc1cc2c(cc1C(C)=O)CCC2. The third-order valence-corrected chi connectivity index (χ3v) is 3.57. The first-order valence-electron chi connectivity index (χ1n) is 4.93. The molecule has 1 aromatic rings. The standard InChI is InChI=1S/C12H14OS/c1-8(13)11-6-9-4-3-5-10(9)7-12(11)14-2/h6-7H,3-5H2,1-2H3. The average Bonchev–Trinajstić information content (AvgIpc) is 2.62. The van der Waals surface area contributed by atoms with Gasteiger partial charge in [-0.3, -0.25) is 4.79 Å². The number of carbonyl (C=O) groups excluding carboxylic acids is 1. The van der Waals surface area contributed by atoms with Gasteiger partial charge in [-0.1, -0.05) is 0 Å². The summed E-state index contributed by atoms with van der Waals surface area (Å²) >= 11 is 1.67. The number of ketones is 1. The van der Waals surface area contributed by atoms with Crippen LogP contribution in [0.5, 0.6) is 0 Å². The Morgan fingerprint density at radius 1 is 1.29 bits per heavy atom. The van der Waals surface area contributed by atoms with Crippen molar-refractivity contribution in [3.05, 3.63) is 28.8 Å². The Morgan fingerprint density at radius 3 is 2.50 bits per heavy atom. The van der Waals surface area contributed by atoms with Crippen LogP contribution >= 0.6 is 11.8 Å². The molecule has 1 aliphatic carbocycles. The summed E-state index contributed by atoms with van der Waals surface area (Å²) in [5, 5.41) is 0. The van der Waals surface area contributed by atoms with Gasteiger partial charge < -0.3 is 0 Å². The molecule has 2 rings (SSSR count).